The molecule has 2 aromatic carbocycles. The van der Waals surface area contributed by atoms with Gasteiger partial charge in [0.1, 0.15) is 0 Å². The van der Waals surface area contributed by atoms with E-state index in [0.29, 0.717) is 23.7 Å². The topological polar surface area (TPSA) is 57.0 Å². The molecule has 3 aromatic rings. The van der Waals surface area contributed by atoms with Crippen LogP contribution in [-0.4, -0.2) is 32.0 Å². The second-order valence-electron chi connectivity index (χ2n) is 8.45. The lowest BCUT2D eigenvalue weighted by molar-refractivity contribution is 0.0762. The SMILES string of the molecule is CCCc1noc2cc(F)c(Oc3ccc(C(C)OCC)cc3OC)c(N3CCCCC3)c12. The van der Waals surface area contributed by atoms with Gasteiger partial charge in [0, 0.05) is 25.8 Å². The molecule has 1 aromatic heterocycles. The van der Waals surface area contributed by atoms with Gasteiger partial charge in [0.2, 0.25) is 0 Å². The van der Waals surface area contributed by atoms with Crippen molar-refractivity contribution in [1.29, 1.82) is 0 Å². The zero-order chi connectivity index (χ0) is 23.4. The fourth-order valence-electron chi connectivity index (χ4n) is 4.50. The zero-order valence-electron chi connectivity index (χ0n) is 19.9. The summed E-state index contributed by atoms with van der Waals surface area (Å²) in [5, 5.41) is 5.09. The van der Waals surface area contributed by atoms with Gasteiger partial charge in [0.15, 0.2) is 28.6 Å². The van der Waals surface area contributed by atoms with Gasteiger partial charge in [-0.3, -0.25) is 0 Å². The highest BCUT2D eigenvalue weighted by Gasteiger charge is 2.27. The van der Waals surface area contributed by atoms with E-state index < -0.39 is 5.82 Å². The van der Waals surface area contributed by atoms with Crippen LogP contribution in [0.2, 0.25) is 0 Å². The maximum absolute atomic E-state index is 15.5. The van der Waals surface area contributed by atoms with E-state index in [2.05, 4.69) is 17.0 Å². The van der Waals surface area contributed by atoms with Gasteiger partial charge in [-0.15, -0.1) is 0 Å². The highest BCUT2D eigenvalue weighted by atomic mass is 19.1. The number of piperidine rings is 1. The molecule has 4 rings (SSSR count). The fraction of sp³-hybridized carbons (Fsp3) is 0.500. The van der Waals surface area contributed by atoms with E-state index >= 15 is 4.39 Å². The molecule has 0 saturated carbocycles. The van der Waals surface area contributed by atoms with Crippen molar-refractivity contribution in [2.45, 2.75) is 59.0 Å². The summed E-state index contributed by atoms with van der Waals surface area (Å²) in [5.74, 6) is 0.696. The minimum absolute atomic E-state index is 0.0800. The second-order valence-corrected chi connectivity index (χ2v) is 8.45. The number of fused-ring (bicyclic) bond motifs is 1. The number of anilines is 1. The third kappa shape index (κ3) is 4.78. The maximum atomic E-state index is 15.5. The number of hydrogen-bond donors (Lipinski definition) is 0. The Balaban J connectivity index is 1.82. The smallest absolute Gasteiger partial charge is 0.187 e. The number of halogens is 1. The van der Waals surface area contributed by atoms with Crippen LogP contribution in [0.25, 0.3) is 11.0 Å². The molecule has 1 aliphatic rings. The van der Waals surface area contributed by atoms with Crippen LogP contribution >= 0.6 is 0 Å². The van der Waals surface area contributed by atoms with Crippen molar-refractivity contribution in [3.63, 3.8) is 0 Å². The normalized spacial score (nSPS) is 15.1. The monoisotopic (exact) mass is 456 g/mol. The van der Waals surface area contributed by atoms with Crippen LogP contribution in [0.5, 0.6) is 17.2 Å². The van der Waals surface area contributed by atoms with E-state index in [1.54, 1.807) is 7.11 Å². The van der Waals surface area contributed by atoms with E-state index in [4.69, 9.17) is 18.7 Å². The van der Waals surface area contributed by atoms with E-state index in [1.807, 2.05) is 32.0 Å². The molecular weight excluding hydrogens is 423 g/mol. The van der Waals surface area contributed by atoms with Crippen LogP contribution in [0.1, 0.15) is 63.8 Å². The maximum Gasteiger partial charge on any atom is 0.187 e. The summed E-state index contributed by atoms with van der Waals surface area (Å²) in [7, 11) is 1.59. The zero-order valence-corrected chi connectivity index (χ0v) is 19.9. The van der Waals surface area contributed by atoms with Crippen molar-refractivity contribution in [2.24, 2.45) is 0 Å². The van der Waals surface area contributed by atoms with Gasteiger partial charge < -0.3 is 23.6 Å². The molecule has 0 spiro atoms. The minimum Gasteiger partial charge on any atom is -0.493 e. The molecule has 0 bridgehead atoms. The number of ether oxygens (including phenoxy) is 3. The molecule has 33 heavy (non-hydrogen) atoms. The molecule has 6 nitrogen and oxygen atoms in total. The Bertz CT molecular complexity index is 1090. The molecule has 0 aliphatic carbocycles. The van der Waals surface area contributed by atoms with Gasteiger partial charge in [-0.2, -0.15) is 0 Å². The second kappa shape index (κ2) is 10.4. The molecule has 7 heteroatoms. The summed E-state index contributed by atoms with van der Waals surface area (Å²) in [6.45, 7) is 8.34. The largest absolute Gasteiger partial charge is 0.493 e. The van der Waals surface area contributed by atoms with Crippen molar-refractivity contribution < 1.29 is 23.1 Å². The molecule has 178 valence electrons. The summed E-state index contributed by atoms with van der Waals surface area (Å²) in [5.41, 5.74) is 2.99. The van der Waals surface area contributed by atoms with Gasteiger partial charge in [0.05, 0.1) is 30.0 Å². The minimum atomic E-state index is -0.476. The van der Waals surface area contributed by atoms with Gasteiger partial charge in [-0.25, -0.2) is 4.39 Å². The molecule has 0 N–H and O–H groups in total. The van der Waals surface area contributed by atoms with Crippen LogP contribution < -0.4 is 14.4 Å². The Hall–Kier alpha value is -2.80. The lowest BCUT2D eigenvalue weighted by Crippen LogP contribution is -2.30. The first-order valence-electron chi connectivity index (χ1n) is 11.9. The Morgan fingerprint density at radius 2 is 1.91 bits per heavy atom. The van der Waals surface area contributed by atoms with Gasteiger partial charge in [0.25, 0.3) is 0 Å². The van der Waals surface area contributed by atoms with Crippen LogP contribution in [-0.2, 0) is 11.2 Å². The average Bonchev–Trinajstić information content (AvgIpc) is 3.22. The number of aryl methyl sites for hydroxylation is 1. The molecule has 1 saturated heterocycles. The Kier molecular flexibility index (Phi) is 7.38. The predicted molar refractivity (Wildman–Crippen MR) is 127 cm³/mol. The predicted octanol–water partition coefficient (Wildman–Crippen LogP) is 6.81. The van der Waals surface area contributed by atoms with Crippen molar-refractivity contribution in [2.75, 3.05) is 31.7 Å². The molecule has 0 radical (unpaired) electrons. The van der Waals surface area contributed by atoms with Crippen LogP contribution in [0.4, 0.5) is 10.1 Å². The highest BCUT2D eigenvalue weighted by molar-refractivity contribution is 5.97. The highest BCUT2D eigenvalue weighted by Crippen LogP contribution is 2.45. The van der Waals surface area contributed by atoms with Crippen LogP contribution in [0.15, 0.2) is 28.8 Å². The summed E-state index contributed by atoms with van der Waals surface area (Å²) < 4.78 is 38.5. The van der Waals surface area contributed by atoms with Crippen molar-refractivity contribution in [3.8, 4) is 17.2 Å². The summed E-state index contributed by atoms with van der Waals surface area (Å²) >= 11 is 0. The first-order chi connectivity index (χ1) is 16.1. The molecule has 1 unspecified atom stereocenters. The number of rotatable bonds is 9. The molecule has 1 fully saturated rings. The van der Waals surface area contributed by atoms with E-state index in [9.17, 15) is 0 Å². The lowest BCUT2D eigenvalue weighted by Gasteiger charge is -2.31. The van der Waals surface area contributed by atoms with E-state index in [0.717, 1.165) is 61.1 Å². The molecule has 1 aliphatic heterocycles. The number of aromatic nitrogens is 1. The van der Waals surface area contributed by atoms with E-state index in [1.165, 1.54) is 12.5 Å². The van der Waals surface area contributed by atoms with Crippen molar-refractivity contribution in [1.82, 2.24) is 5.16 Å². The number of benzene rings is 2. The standard InChI is InChI=1S/C26H33FN2O4/c1-5-10-20-24-23(33-28-20)16-19(27)26(25(24)29-13-8-7-9-14-29)32-21-12-11-18(15-22(21)30-4)17(3)31-6-2/h11-12,15-17H,5-10,13-14H2,1-4H3. The van der Waals surface area contributed by atoms with Gasteiger partial charge >= 0.3 is 0 Å². The number of hydrogen-bond acceptors (Lipinski definition) is 6. The Labute approximate surface area is 194 Å². The van der Waals surface area contributed by atoms with E-state index in [-0.39, 0.29) is 11.9 Å². The summed E-state index contributed by atoms with van der Waals surface area (Å²) in [4.78, 5) is 2.21. The van der Waals surface area contributed by atoms with Crippen molar-refractivity contribution in [3.05, 3.63) is 41.3 Å². The molecule has 1 atom stereocenters. The third-order valence-electron chi connectivity index (χ3n) is 6.16. The third-order valence-corrected chi connectivity index (χ3v) is 6.16. The van der Waals surface area contributed by atoms with Gasteiger partial charge in [-0.05, 0) is 57.2 Å². The number of nitrogens with zero attached hydrogens (tertiary/aromatic N) is 2. The van der Waals surface area contributed by atoms with Crippen LogP contribution in [0, 0.1) is 5.82 Å². The fourth-order valence-corrected chi connectivity index (χ4v) is 4.50. The number of methoxy groups -OCH3 is 1. The molecular formula is C26H33FN2O4. The van der Waals surface area contributed by atoms with Crippen molar-refractivity contribution >= 4 is 16.7 Å². The Morgan fingerprint density at radius 1 is 1.12 bits per heavy atom. The lowest BCUT2D eigenvalue weighted by atomic mass is 10.0. The molecule has 2 heterocycles. The molecule has 0 amide bonds. The summed E-state index contributed by atoms with van der Waals surface area (Å²) in [6.07, 6.45) is 4.87. The first kappa shape index (κ1) is 23.4. The summed E-state index contributed by atoms with van der Waals surface area (Å²) in [6, 6.07) is 7.00. The average molecular weight is 457 g/mol. The van der Waals surface area contributed by atoms with Crippen LogP contribution in [0.3, 0.4) is 0 Å². The quantitative estimate of drug-likeness (QED) is 0.353. The Morgan fingerprint density at radius 3 is 2.61 bits per heavy atom. The van der Waals surface area contributed by atoms with Gasteiger partial charge in [-0.1, -0.05) is 24.6 Å². The first-order valence-corrected chi connectivity index (χ1v) is 11.9.